The number of H-pyrrole nitrogens is 1. The lowest BCUT2D eigenvalue weighted by Crippen LogP contribution is -2.07. The summed E-state index contributed by atoms with van der Waals surface area (Å²) in [6.45, 7) is 1.57. The molecule has 146 valence electrons. The third-order valence-corrected chi connectivity index (χ3v) is 5.60. The molecule has 0 saturated carbocycles. The summed E-state index contributed by atoms with van der Waals surface area (Å²) in [6.07, 6.45) is 5.60. The van der Waals surface area contributed by atoms with E-state index in [1.807, 2.05) is 32.4 Å². The Kier molecular flexibility index (Phi) is 5.22. The summed E-state index contributed by atoms with van der Waals surface area (Å²) in [4.78, 5) is 31.4. The summed E-state index contributed by atoms with van der Waals surface area (Å²) in [6, 6.07) is 12.2. The second-order valence-electron chi connectivity index (χ2n) is 6.99. The first-order valence-corrected chi connectivity index (χ1v) is 10.1. The van der Waals surface area contributed by atoms with Gasteiger partial charge in [-0.2, -0.15) is 0 Å². The first-order chi connectivity index (χ1) is 14.0. The van der Waals surface area contributed by atoms with E-state index in [-0.39, 0.29) is 5.78 Å². The van der Waals surface area contributed by atoms with Gasteiger partial charge in [-0.15, -0.1) is 11.3 Å². The number of nitrogens with zero attached hydrogens (tertiary/aromatic N) is 4. The van der Waals surface area contributed by atoms with Gasteiger partial charge in [0.2, 0.25) is 0 Å². The van der Waals surface area contributed by atoms with Crippen molar-refractivity contribution in [3.05, 3.63) is 60.7 Å². The lowest BCUT2D eigenvalue weighted by Gasteiger charge is -2.12. The van der Waals surface area contributed by atoms with E-state index in [1.54, 1.807) is 30.7 Å². The Labute approximate surface area is 173 Å². The van der Waals surface area contributed by atoms with Crippen molar-refractivity contribution < 1.29 is 4.79 Å². The van der Waals surface area contributed by atoms with Gasteiger partial charge in [-0.05, 0) is 31.2 Å². The van der Waals surface area contributed by atoms with E-state index >= 15 is 0 Å². The molecule has 7 heteroatoms. The molecule has 29 heavy (non-hydrogen) atoms. The molecule has 0 saturated heterocycles. The van der Waals surface area contributed by atoms with E-state index in [2.05, 4.69) is 44.1 Å². The number of ketones is 1. The summed E-state index contributed by atoms with van der Waals surface area (Å²) < 4.78 is 0. The monoisotopic (exact) mass is 403 g/mol. The van der Waals surface area contributed by atoms with Gasteiger partial charge >= 0.3 is 0 Å². The quantitative estimate of drug-likeness (QED) is 0.514. The Bertz CT molecular complexity index is 1130. The Morgan fingerprint density at radius 2 is 1.86 bits per heavy atom. The Balaban J connectivity index is 1.80. The number of aromatic amines is 1. The molecular formula is C22H21N5OS. The lowest BCUT2D eigenvalue weighted by atomic mass is 10.1. The van der Waals surface area contributed by atoms with E-state index in [4.69, 9.17) is 4.98 Å². The van der Waals surface area contributed by atoms with Crippen LogP contribution >= 0.6 is 11.3 Å². The predicted molar refractivity (Wildman–Crippen MR) is 117 cm³/mol. The molecule has 0 bridgehead atoms. The van der Waals surface area contributed by atoms with Gasteiger partial charge in [0, 0.05) is 61.6 Å². The standard InChI is InChI=1S/C22H21N5OS/c1-14(28)12-17-13-16(8-9-23-17)22-26-19(20(29-22)21-24-10-11-25-21)15-4-6-18(7-5-15)27(2)3/h4-11,13H,12H2,1-3H3,(H,24,25). The van der Waals surface area contributed by atoms with Crippen molar-refractivity contribution in [2.75, 3.05) is 19.0 Å². The number of carbonyl (C=O) groups excluding carboxylic acids is 1. The molecule has 0 aliphatic heterocycles. The number of aromatic nitrogens is 4. The smallest absolute Gasteiger partial charge is 0.149 e. The number of anilines is 1. The van der Waals surface area contributed by atoms with Gasteiger partial charge in [0.25, 0.3) is 0 Å². The fourth-order valence-corrected chi connectivity index (χ4v) is 4.11. The van der Waals surface area contributed by atoms with Crippen LogP contribution in [0.5, 0.6) is 0 Å². The number of hydrogen-bond acceptors (Lipinski definition) is 6. The van der Waals surface area contributed by atoms with Gasteiger partial charge in [-0.25, -0.2) is 9.97 Å². The van der Waals surface area contributed by atoms with Crippen LogP contribution in [-0.4, -0.2) is 39.8 Å². The van der Waals surface area contributed by atoms with Crippen molar-refractivity contribution in [3.8, 4) is 32.5 Å². The zero-order valence-corrected chi connectivity index (χ0v) is 17.3. The minimum atomic E-state index is 0.0896. The number of imidazole rings is 1. The zero-order chi connectivity index (χ0) is 20.4. The van der Waals surface area contributed by atoms with Gasteiger partial charge in [0.15, 0.2) is 0 Å². The average molecular weight is 404 g/mol. The van der Waals surface area contributed by atoms with Gasteiger partial charge in [-0.3, -0.25) is 9.78 Å². The van der Waals surface area contributed by atoms with Crippen molar-refractivity contribution in [1.82, 2.24) is 19.9 Å². The van der Waals surface area contributed by atoms with Crippen LogP contribution in [0.4, 0.5) is 5.69 Å². The van der Waals surface area contributed by atoms with E-state index in [9.17, 15) is 4.79 Å². The second-order valence-corrected chi connectivity index (χ2v) is 7.99. The van der Waals surface area contributed by atoms with Crippen LogP contribution in [0.25, 0.3) is 32.5 Å². The highest BCUT2D eigenvalue weighted by Crippen LogP contribution is 2.39. The van der Waals surface area contributed by atoms with Crippen LogP contribution in [0.2, 0.25) is 0 Å². The lowest BCUT2D eigenvalue weighted by molar-refractivity contribution is -0.116. The number of benzene rings is 1. The first-order valence-electron chi connectivity index (χ1n) is 9.24. The van der Waals surface area contributed by atoms with Crippen molar-refractivity contribution in [1.29, 1.82) is 0 Å². The summed E-state index contributed by atoms with van der Waals surface area (Å²) in [7, 11) is 4.04. The maximum Gasteiger partial charge on any atom is 0.149 e. The molecule has 0 fully saturated rings. The van der Waals surface area contributed by atoms with Crippen molar-refractivity contribution in [2.24, 2.45) is 0 Å². The fraction of sp³-hybridized carbons (Fsp3) is 0.182. The zero-order valence-electron chi connectivity index (χ0n) is 16.5. The van der Waals surface area contributed by atoms with Crippen molar-refractivity contribution in [2.45, 2.75) is 13.3 Å². The molecule has 0 unspecified atom stereocenters. The van der Waals surface area contributed by atoms with Crippen molar-refractivity contribution in [3.63, 3.8) is 0 Å². The highest BCUT2D eigenvalue weighted by atomic mass is 32.1. The highest BCUT2D eigenvalue weighted by molar-refractivity contribution is 7.18. The molecule has 0 atom stereocenters. The summed E-state index contributed by atoms with van der Waals surface area (Å²) in [5.41, 5.74) is 4.75. The van der Waals surface area contributed by atoms with Gasteiger partial charge < -0.3 is 9.88 Å². The predicted octanol–water partition coefficient (Wildman–Crippen LogP) is 4.46. The number of carbonyl (C=O) groups is 1. The SMILES string of the molecule is CC(=O)Cc1cc(-c2nc(-c3ccc(N(C)C)cc3)c(-c3ncc[nH]3)s2)ccn1. The van der Waals surface area contributed by atoms with Crippen LogP contribution in [0.1, 0.15) is 12.6 Å². The number of rotatable bonds is 6. The van der Waals surface area contributed by atoms with Crippen molar-refractivity contribution >= 4 is 22.8 Å². The summed E-state index contributed by atoms with van der Waals surface area (Å²) >= 11 is 1.58. The summed E-state index contributed by atoms with van der Waals surface area (Å²) in [5, 5.41) is 0.871. The maximum atomic E-state index is 11.5. The van der Waals surface area contributed by atoms with Gasteiger partial charge in [0.05, 0.1) is 10.6 Å². The molecule has 1 N–H and O–H groups in total. The molecule has 3 heterocycles. The number of Topliss-reactive ketones (excluding diaryl/α,β-unsaturated/α-hetero) is 1. The van der Waals surface area contributed by atoms with E-state index < -0.39 is 0 Å². The minimum Gasteiger partial charge on any atom is -0.378 e. The van der Waals surface area contributed by atoms with E-state index in [0.717, 1.165) is 43.9 Å². The van der Waals surface area contributed by atoms with Crippen LogP contribution < -0.4 is 4.90 Å². The average Bonchev–Trinajstić information content (AvgIpc) is 3.37. The Morgan fingerprint density at radius 3 is 2.52 bits per heavy atom. The molecular weight excluding hydrogens is 382 g/mol. The van der Waals surface area contributed by atoms with Crippen LogP contribution in [-0.2, 0) is 11.2 Å². The second kappa shape index (κ2) is 7.97. The molecule has 6 nitrogen and oxygen atoms in total. The molecule has 0 amide bonds. The maximum absolute atomic E-state index is 11.5. The topological polar surface area (TPSA) is 74.8 Å². The number of pyridine rings is 1. The molecule has 4 rings (SSSR count). The molecule has 0 aliphatic rings. The number of thiazole rings is 1. The third kappa shape index (κ3) is 4.09. The molecule has 1 aromatic carbocycles. The van der Waals surface area contributed by atoms with E-state index in [1.165, 1.54) is 0 Å². The van der Waals surface area contributed by atoms with Crippen LogP contribution in [0.3, 0.4) is 0 Å². The fourth-order valence-electron chi connectivity index (χ4n) is 3.07. The molecule has 0 radical (unpaired) electrons. The molecule has 4 aromatic rings. The Hall–Kier alpha value is -3.32. The Morgan fingerprint density at radius 1 is 1.07 bits per heavy atom. The third-order valence-electron chi connectivity index (χ3n) is 4.49. The van der Waals surface area contributed by atoms with E-state index in [0.29, 0.717) is 6.42 Å². The van der Waals surface area contributed by atoms with Crippen LogP contribution in [0, 0.1) is 0 Å². The molecule has 3 aromatic heterocycles. The van der Waals surface area contributed by atoms with Crippen LogP contribution in [0.15, 0.2) is 55.0 Å². The highest BCUT2D eigenvalue weighted by Gasteiger charge is 2.18. The summed E-state index contributed by atoms with van der Waals surface area (Å²) in [5.74, 6) is 0.880. The molecule has 0 aliphatic carbocycles. The number of hydrogen-bond donors (Lipinski definition) is 1. The normalized spacial score (nSPS) is 10.9. The van der Waals surface area contributed by atoms with Gasteiger partial charge in [0.1, 0.15) is 16.6 Å². The number of nitrogens with one attached hydrogen (secondary N) is 1. The minimum absolute atomic E-state index is 0.0896. The first kappa shape index (κ1) is 19.0. The largest absolute Gasteiger partial charge is 0.378 e. The molecule has 0 spiro atoms. The van der Waals surface area contributed by atoms with Gasteiger partial charge in [-0.1, -0.05) is 12.1 Å².